The first-order valence-electron chi connectivity index (χ1n) is 6.13. The van der Waals surface area contributed by atoms with E-state index in [4.69, 9.17) is 5.73 Å². The van der Waals surface area contributed by atoms with Gasteiger partial charge in [-0.05, 0) is 43.9 Å². The van der Waals surface area contributed by atoms with Gasteiger partial charge in [-0.15, -0.1) is 0 Å². The van der Waals surface area contributed by atoms with E-state index in [1.54, 1.807) is 0 Å². The van der Waals surface area contributed by atoms with Crippen molar-refractivity contribution in [3.8, 4) is 5.75 Å². The molecule has 1 saturated carbocycles. The van der Waals surface area contributed by atoms with E-state index >= 15 is 0 Å². The molecule has 0 radical (unpaired) electrons. The van der Waals surface area contributed by atoms with Gasteiger partial charge in [-0.2, -0.15) is 13.2 Å². The number of nitrogens with two attached hydrogens (primary N) is 1. The molecule has 1 aromatic rings. The van der Waals surface area contributed by atoms with Crippen LogP contribution in [-0.2, 0) is 11.0 Å². The Kier molecular flexibility index (Phi) is 3.41. The van der Waals surface area contributed by atoms with Crippen LogP contribution < -0.4 is 11.1 Å². The van der Waals surface area contributed by atoms with Crippen LogP contribution in [-0.4, -0.2) is 16.6 Å². The monoisotopic (exact) mass is 288 g/mol. The van der Waals surface area contributed by atoms with Gasteiger partial charge in [0, 0.05) is 0 Å². The summed E-state index contributed by atoms with van der Waals surface area (Å²) in [5.41, 5.74) is 3.48. The Bertz CT molecular complexity index is 537. The zero-order chi connectivity index (χ0) is 15.1. The summed E-state index contributed by atoms with van der Waals surface area (Å²) in [5, 5.41) is 11.8. The first-order valence-corrected chi connectivity index (χ1v) is 6.13. The summed E-state index contributed by atoms with van der Waals surface area (Å²) in [6.07, 6.45) is -2.92. The lowest BCUT2D eigenvalue weighted by atomic mass is 9.96. The van der Waals surface area contributed by atoms with E-state index in [1.807, 2.05) is 0 Å². The van der Waals surface area contributed by atoms with Gasteiger partial charge in [0.05, 0.1) is 16.8 Å². The second-order valence-electron chi connectivity index (χ2n) is 5.24. The molecule has 7 heteroatoms. The molecule has 1 unspecified atom stereocenters. The number of phenols is 1. The lowest BCUT2D eigenvalue weighted by Crippen LogP contribution is -2.50. The number of carbonyl (C=O) groups excluding carboxylic acids is 1. The number of aromatic hydroxyl groups is 1. The number of amides is 1. The van der Waals surface area contributed by atoms with Crippen molar-refractivity contribution in [1.29, 1.82) is 0 Å². The first-order chi connectivity index (χ1) is 9.12. The molecule has 0 aliphatic heterocycles. The number of benzene rings is 1. The summed E-state index contributed by atoms with van der Waals surface area (Å²) in [7, 11) is 0. The fraction of sp³-hybridized carbons (Fsp3) is 0.462. The standard InChI is InChI=1S/C13H15F3N2O2/c1-12(17,7-2-3-7)11(20)18-9-6-8(13(14,15)16)4-5-10(9)19/h4-7,19H,2-3,17H2,1H3,(H,18,20). The molecule has 1 fully saturated rings. The average Bonchev–Trinajstić information content (AvgIpc) is 3.14. The largest absolute Gasteiger partial charge is 0.506 e. The van der Waals surface area contributed by atoms with Gasteiger partial charge in [0.15, 0.2) is 0 Å². The highest BCUT2D eigenvalue weighted by molar-refractivity contribution is 5.99. The van der Waals surface area contributed by atoms with Gasteiger partial charge >= 0.3 is 6.18 Å². The Labute approximate surface area is 113 Å². The second-order valence-corrected chi connectivity index (χ2v) is 5.24. The minimum atomic E-state index is -4.55. The summed E-state index contributed by atoms with van der Waals surface area (Å²) in [4.78, 5) is 12.0. The van der Waals surface area contributed by atoms with E-state index in [0.717, 1.165) is 25.0 Å². The van der Waals surface area contributed by atoms with E-state index in [0.29, 0.717) is 6.07 Å². The summed E-state index contributed by atoms with van der Waals surface area (Å²) < 4.78 is 37.8. The van der Waals surface area contributed by atoms with Crippen molar-refractivity contribution in [2.24, 2.45) is 11.7 Å². The van der Waals surface area contributed by atoms with Crippen LogP contribution in [0.2, 0.25) is 0 Å². The summed E-state index contributed by atoms with van der Waals surface area (Å²) in [5.74, 6) is -1.01. The van der Waals surface area contributed by atoms with Crippen molar-refractivity contribution >= 4 is 11.6 Å². The number of phenolic OH excluding ortho intramolecular Hbond substituents is 1. The van der Waals surface area contributed by atoms with Crippen molar-refractivity contribution < 1.29 is 23.1 Å². The maximum Gasteiger partial charge on any atom is 0.416 e. The fourth-order valence-corrected chi connectivity index (χ4v) is 1.94. The summed E-state index contributed by atoms with van der Waals surface area (Å²) in [6.45, 7) is 1.53. The predicted molar refractivity (Wildman–Crippen MR) is 67.1 cm³/mol. The molecule has 1 amide bonds. The van der Waals surface area contributed by atoms with Gasteiger partial charge in [0.25, 0.3) is 0 Å². The number of alkyl halides is 3. The third kappa shape index (κ3) is 2.87. The number of rotatable bonds is 3. The molecule has 0 heterocycles. The topological polar surface area (TPSA) is 75.4 Å². The third-order valence-electron chi connectivity index (χ3n) is 3.49. The average molecular weight is 288 g/mol. The molecule has 110 valence electrons. The lowest BCUT2D eigenvalue weighted by molar-refractivity contribution is -0.137. The van der Waals surface area contributed by atoms with Crippen LogP contribution in [0.25, 0.3) is 0 Å². The number of halogens is 3. The SMILES string of the molecule is CC(N)(C(=O)Nc1cc(C(F)(F)F)ccc1O)C1CC1. The summed E-state index contributed by atoms with van der Waals surface area (Å²) >= 11 is 0. The van der Waals surface area contributed by atoms with E-state index < -0.39 is 28.9 Å². The van der Waals surface area contributed by atoms with E-state index in [2.05, 4.69) is 5.32 Å². The molecule has 1 aliphatic rings. The normalized spacial score (nSPS) is 18.4. The van der Waals surface area contributed by atoms with Crippen LogP contribution in [0, 0.1) is 5.92 Å². The smallest absolute Gasteiger partial charge is 0.416 e. The highest BCUT2D eigenvalue weighted by atomic mass is 19.4. The van der Waals surface area contributed by atoms with Gasteiger partial charge in [-0.25, -0.2) is 0 Å². The maximum absolute atomic E-state index is 12.6. The summed E-state index contributed by atoms with van der Waals surface area (Å²) in [6, 6.07) is 2.33. The van der Waals surface area contributed by atoms with Crippen LogP contribution in [0.5, 0.6) is 5.75 Å². The van der Waals surface area contributed by atoms with Gasteiger partial charge in [0.1, 0.15) is 5.75 Å². The molecule has 2 rings (SSSR count). The van der Waals surface area contributed by atoms with Gasteiger partial charge in [-0.3, -0.25) is 4.79 Å². The molecule has 1 atom stereocenters. The van der Waals surface area contributed by atoms with Crippen LogP contribution >= 0.6 is 0 Å². The Morgan fingerprint density at radius 3 is 2.50 bits per heavy atom. The molecule has 1 aliphatic carbocycles. The quantitative estimate of drug-likeness (QED) is 0.748. The van der Waals surface area contributed by atoms with Crippen molar-refractivity contribution in [3.05, 3.63) is 23.8 Å². The van der Waals surface area contributed by atoms with Crippen LogP contribution in [0.4, 0.5) is 18.9 Å². The Hall–Kier alpha value is -1.76. The zero-order valence-corrected chi connectivity index (χ0v) is 10.8. The highest BCUT2D eigenvalue weighted by Crippen LogP contribution is 2.39. The molecule has 1 aromatic carbocycles. The van der Waals surface area contributed by atoms with Crippen molar-refractivity contribution in [2.45, 2.75) is 31.5 Å². The zero-order valence-electron chi connectivity index (χ0n) is 10.8. The predicted octanol–water partition coefficient (Wildman–Crippen LogP) is 2.48. The highest BCUT2D eigenvalue weighted by Gasteiger charge is 2.44. The molecule has 20 heavy (non-hydrogen) atoms. The fourth-order valence-electron chi connectivity index (χ4n) is 1.94. The molecule has 0 bridgehead atoms. The lowest BCUT2D eigenvalue weighted by Gasteiger charge is -2.23. The van der Waals surface area contributed by atoms with Gasteiger partial charge < -0.3 is 16.2 Å². The minimum absolute atomic E-state index is 0.0236. The molecule has 0 aromatic heterocycles. The molecule has 0 saturated heterocycles. The Balaban J connectivity index is 2.22. The number of hydrogen-bond acceptors (Lipinski definition) is 3. The Morgan fingerprint density at radius 2 is 2.00 bits per heavy atom. The second kappa shape index (κ2) is 4.66. The number of carbonyl (C=O) groups is 1. The number of hydrogen-bond donors (Lipinski definition) is 3. The van der Waals surface area contributed by atoms with E-state index in [9.17, 15) is 23.1 Å². The van der Waals surface area contributed by atoms with E-state index in [1.165, 1.54) is 6.92 Å². The van der Waals surface area contributed by atoms with Gasteiger partial charge in [0.2, 0.25) is 5.91 Å². The number of nitrogens with one attached hydrogen (secondary N) is 1. The van der Waals surface area contributed by atoms with E-state index in [-0.39, 0.29) is 11.6 Å². The molecular weight excluding hydrogens is 273 g/mol. The molecule has 4 nitrogen and oxygen atoms in total. The van der Waals surface area contributed by atoms with Crippen LogP contribution in [0.15, 0.2) is 18.2 Å². The number of anilines is 1. The maximum atomic E-state index is 12.6. The molecule has 4 N–H and O–H groups in total. The molecule has 0 spiro atoms. The Morgan fingerprint density at radius 1 is 1.40 bits per heavy atom. The van der Waals surface area contributed by atoms with Crippen LogP contribution in [0.1, 0.15) is 25.3 Å². The van der Waals surface area contributed by atoms with Crippen molar-refractivity contribution in [1.82, 2.24) is 0 Å². The third-order valence-corrected chi connectivity index (χ3v) is 3.49. The van der Waals surface area contributed by atoms with Crippen molar-refractivity contribution in [3.63, 3.8) is 0 Å². The van der Waals surface area contributed by atoms with Crippen molar-refractivity contribution in [2.75, 3.05) is 5.32 Å². The minimum Gasteiger partial charge on any atom is -0.506 e. The molecular formula is C13H15F3N2O2. The van der Waals surface area contributed by atoms with Gasteiger partial charge in [-0.1, -0.05) is 0 Å². The van der Waals surface area contributed by atoms with Crippen LogP contribution in [0.3, 0.4) is 0 Å². The first kappa shape index (κ1) is 14.6.